The van der Waals surface area contributed by atoms with E-state index in [-0.39, 0.29) is 17.9 Å². The summed E-state index contributed by atoms with van der Waals surface area (Å²) in [7, 11) is 0. The van der Waals surface area contributed by atoms with Crippen molar-refractivity contribution >= 4 is 17.7 Å². The van der Waals surface area contributed by atoms with Crippen molar-refractivity contribution in [3.63, 3.8) is 0 Å². The van der Waals surface area contributed by atoms with E-state index in [1.807, 2.05) is 39.8 Å². The molecule has 0 radical (unpaired) electrons. The maximum Gasteiger partial charge on any atom is 0.280 e. The molecule has 2 aromatic rings. The largest absolute Gasteiger partial charge is 0.383 e. The van der Waals surface area contributed by atoms with Gasteiger partial charge in [0.05, 0.1) is 0 Å². The van der Waals surface area contributed by atoms with Crippen molar-refractivity contribution < 1.29 is 13.6 Å². The Kier molecular flexibility index (Phi) is 6.95. The molecule has 2 aromatic carbocycles. The molecular formula is C23H28F2N2O. The van der Waals surface area contributed by atoms with E-state index in [0.29, 0.717) is 11.1 Å². The van der Waals surface area contributed by atoms with Crippen molar-refractivity contribution in [1.82, 2.24) is 5.32 Å². The van der Waals surface area contributed by atoms with E-state index in [2.05, 4.69) is 10.6 Å². The molecule has 2 N–H and O–H groups in total. The number of amides is 1. The Morgan fingerprint density at radius 3 is 2.21 bits per heavy atom. The number of nitrogens with one attached hydrogen (secondary N) is 2. The monoisotopic (exact) mass is 386 g/mol. The van der Waals surface area contributed by atoms with E-state index >= 15 is 0 Å². The zero-order valence-corrected chi connectivity index (χ0v) is 17.3. The van der Waals surface area contributed by atoms with Crippen LogP contribution in [0.3, 0.4) is 0 Å². The molecule has 0 aliphatic carbocycles. The molecule has 0 saturated carbocycles. The van der Waals surface area contributed by atoms with Gasteiger partial charge in [-0.15, -0.1) is 0 Å². The number of aryl methyl sites for hydroxylation is 2. The summed E-state index contributed by atoms with van der Waals surface area (Å²) < 4.78 is 28.8. The molecule has 0 aliphatic heterocycles. The molecule has 0 heterocycles. The molecule has 0 bridgehead atoms. The summed E-state index contributed by atoms with van der Waals surface area (Å²) in [5.41, 5.74) is 4.12. The number of halogens is 2. The summed E-state index contributed by atoms with van der Waals surface area (Å²) in [6, 6.07) is 8.73. The average molecular weight is 386 g/mol. The molecule has 0 aromatic heterocycles. The highest BCUT2D eigenvalue weighted by atomic mass is 19.1. The van der Waals surface area contributed by atoms with E-state index < -0.39 is 11.7 Å². The lowest BCUT2D eigenvalue weighted by atomic mass is 9.94. The molecule has 5 heteroatoms. The predicted molar refractivity (Wildman–Crippen MR) is 112 cm³/mol. The van der Waals surface area contributed by atoms with Crippen LogP contribution in [0.25, 0.3) is 17.2 Å². The molecule has 0 saturated heterocycles. The Balaban J connectivity index is 2.38. The minimum absolute atomic E-state index is 0.145. The summed E-state index contributed by atoms with van der Waals surface area (Å²) in [5.74, 6) is -1.91. The molecule has 0 spiro atoms. The quantitative estimate of drug-likeness (QED) is 0.619. The van der Waals surface area contributed by atoms with E-state index in [1.165, 1.54) is 12.1 Å². The van der Waals surface area contributed by atoms with Gasteiger partial charge in [-0.05, 0) is 88.1 Å². The summed E-state index contributed by atoms with van der Waals surface area (Å²) in [5, 5.41) is 5.70. The van der Waals surface area contributed by atoms with E-state index in [1.54, 1.807) is 26.0 Å². The van der Waals surface area contributed by atoms with Crippen molar-refractivity contribution in [3.05, 3.63) is 58.7 Å². The minimum Gasteiger partial charge on any atom is -0.383 e. The Bertz CT molecular complexity index is 902. The Morgan fingerprint density at radius 1 is 0.964 bits per heavy atom. The zero-order chi connectivity index (χ0) is 21.0. The number of carbonyl (C=O) groups excluding carboxylic acids is 1. The van der Waals surface area contributed by atoms with Gasteiger partial charge in [0.15, 0.2) is 5.83 Å². The van der Waals surface area contributed by atoms with Crippen LogP contribution in [0.2, 0.25) is 0 Å². The number of hydrogen-bond acceptors (Lipinski definition) is 2. The van der Waals surface area contributed by atoms with Crippen molar-refractivity contribution in [2.45, 2.75) is 53.6 Å². The highest BCUT2D eigenvalue weighted by molar-refractivity contribution is 5.96. The molecule has 3 nitrogen and oxygen atoms in total. The van der Waals surface area contributed by atoms with Crippen molar-refractivity contribution in [1.29, 1.82) is 0 Å². The maximum atomic E-state index is 14.7. The molecule has 0 fully saturated rings. The first-order valence-corrected chi connectivity index (χ1v) is 9.44. The van der Waals surface area contributed by atoms with Crippen LogP contribution < -0.4 is 10.6 Å². The third kappa shape index (κ3) is 5.41. The minimum atomic E-state index is -0.848. The summed E-state index contributed by atoms with van der Waals surface area (Å²) in [6.07, 6.45) is 1.22. The van der Waals surface area contributed by atoms with Crippen LogP contribution in [-0.2, 0) is 4.79 Å². The van der Waals surface area contributed by atoms with Gasteiger partial charge in [-0.2, -0.15) is 0 Å². The Hall–Kier alpha value is -2.69. The Morgan fingerprint density at radius 2 is 1.64 bits per heavy atom. The van der Waals surface area contributed by atoms with Crippen molar-refractivity contribution in [3.8, 4) is 11.1 Å². The second kappa shape index (κ2) is 9.00. The van der Waals surface area contributed by atoms with Gasteiger partial charge in [-0.25, -0.2) is 8.78 Å². The van der Waals surface area contributed by atoms with Gasteiger partial charge in [-0.1, -0.05) is 12.1 Å². The van der Waals surface area contributed by atoms with Crippen LogP contribution in [0.1, 0.15) is 44.4 Å². The molecule has 1 amide bonds. The first kappa shape index (κ1) is 21.6. The SMILES string of the molecule is Cc1cc(-c2ccc(NC(C)C)cc2F)c(C)cc1C=C(F)C(=O)NC(C)C. The lowest BCUT2D eigenvalue weighted by Gasteiger charge is -2.14. The van der Waals surface area contributed by atoms with Gasteiger partial charge >= 0.3 is 0 Å². The smallest absolute Gasteiger partial charge is 0.280 e. The summed E-state index contributed by atoms with van der Waals surface area (Å²) in [6.45, 7) is 11.2. The fraction of sp³-hybridized carbons (Fsp3) is 0.348. The van der Waals surface area contributed by atoms with E-state index in [9.17, 15) is 13.6 Å². The lowest BCUT2D eigenvalue weighted by molar-refractivity contribution is -0.119. The normalized spacial score (nSPS) is 11.9. The van der Waals surface area contributed by atoms with Gasteiger partial charge in [0.25, 0.3) is 5.91 Å². The second-order valence-electron chi connectivity index (χ2n) is 7.64. The number of carbonyl (C=O) groups is 1. The predicted octanol–water partition coefficient (Wildman–Crippen LogP) is 5.76. The highest BCUT2D eigenvalue weighted by Gasteiger charge is 2.14. The molecule has 0 atom stereocenters. The second-order valence-corrected chi connectivity index (χ2v) is 7.64. The van der Waals surface area contributed by atoms with Crippen LogP contribution in [0.15, 0.2) is 36.2 Å². The number of rotatable bonds is 6. The molecule has 2 rings (SSSR count). The molecular weight excluding hydrogens is 358 g/mol. The number of benzene rings is 2. The van der Waals surface area contributed by atoms with E-state index in [0.717, 1.165) is 22.4 Å². The fourth-order valence-electron chi connectivity index (χ4n) is 2.97. The van der Waals surface area contributed by atoms with Crippen LogP contribution >= 0.6 is 0 Å². The molecule has 28 heavy (non-hydrogen) atoms. The van der Waals surface area contributed by atoms with Gasteiger partial charge in [0.1, 0.15) is 5.82 Å². The van der Waals surface area contributed by atoms with Crippen LogP contribution in [0.5, 0.6) is 0 Å². The maximum absolute atomic E-state index is 14.7. The average Bonchev–Trinajstić information content (AvgIpc) is 2.57. The van der Waals surface area contributed by atoms with Crippen LogP contribution in [-0.4, -0.2) is 18.0 Å². The third-order valence-corrected chi connectivity index (χ3v) is 4.25. The van der Waals surface area contributed by atoms with Crippen LogP contribution in [0, 0.1) is 19.7 Å². The standard InChI is InChI=1S/C23H28F2N2O/c1-13(2)26-18-7-8-19(21(24)12-18)20-10-15(5)17(9-16(20)6)11-22(25)23(28)27-14(3)4/h7-14,26H,1-6H3,(H,27,28). The van der Waals surface area contributed by atoms with Crippen molar-refractivity contribution in [2.24, 2.45) is 0 Å². The molecule has 0 unspecified atom stereocenters. The zero-order valence-electron chi connectivity index (χ0n) is 17.3. The molecule has 150 valence electrons. The lowest BCUT2D eigenvalue weighted by Crippen LogP contribution is -2.30. The first-order chi connectivity index (χ1) is 13.1. The Labute approximate surface area is 165 Å². The number of anilines is 1. The highest BCUT2D eigenvalue weighted by Crippen LogP contribution is 2.31. The molecule has 0 aliphatic rings. The van der Waals surface area contributed by atoms with Crippen LogP contribution in [0.4, 0.5) is 14.5 Å². The van der Waals surface area contributed by atoms with Crippen molar-refractivity contribution in [2.75, 3.05) is 5.32 Å². The number of hydrogen-bond donors (Lipinski definition) is 2. The summed E-state index contributed by atoms with van der Waals surface area (Å²) >= 11 is 0. The fourth-order valence-corrected chi connectivity index (χ4v) is 2.97. The first-order valence-electron chi connectivity index (χ1n) is 9.44. The van der Waals surface area contributed by atoms with Gasteiger partial charge in [0, 0.05) is 23.3 Å². The van der Waals surface area contributed by atoms with Gasteiger partial charge in [0.2, 0.25) is 0 Å². The topological polar surface area (TPSA) is 41.1 Å². The summed E-state index contributed by atoms with van der Waals surface area (Å²) in [4.78, 5) is 11.8. The van der Waals surface area contributed by atoms with Gasteiger partial charge in [-0.3, -0.25) is 4.79 Å². The third-order valence-electron chi connectivity index (χ3n) is 4.25. The van der Waals surface area contributed by atoms with E-state index in [4.69, 9.17) is 0 Å². The van der Waals surface area contributed by atoms with Gasteiger partial charge < -0.3 is 10.6 Å².